The molecular weight excluding hydrogens is 348 g/mol. The summed E-state index contributed by atoms with van der Waals surface area (Å²) in [5.41, 5.74) is 1.08. The Morgan fingerprint density at radius 1 is 1.11 bits per heavy atom. The van der Waals surface area contributed by atoms with Crippen LogP contribution in [0.5, 0.6) is 11.5 Å². The molecule has 0 bridgehead atoms. The Kier molecular flexibility index (Phi) is 7.16. The van der Waals surface area contributed by atoms with Gasteiger partial charge in [0, 0.05) is 11.6 Å². The van der Waals surface area contributed by atoms with Crippen molar-refractivity contribution in [2.75, 3.05) is 18.5 Å². The van der Waals surface area contributed by atoms with Crippen molar-refractivity contribution >= 4 is 17.3 Å². The van der Waals surface area contributed by atoms with Crippen LogP contribution in [0.1, 0.15) is 42.6 Å². The van der Waals surface area contributed by atoms with Gasteiger partial charge < -0.3 is 14.8 Å². The van der Waals surface area contributed by atoms with Crippen molar-refractivity contribution in [1.82, 2.24) is 0 Å². The lowest BCUT2D eigenvalue weighted by molar-refractivity contribution is -0.384. The van der Waals surface area contributed by atoms with Gasteiger partial charge in [0.1, 0.15) is 5.69 Å². The molecule has 0 radical (unpaired) electrons. The van der Waals surface area contributed by atoms with E-state index in [4.69, 9.17) is 9.47 Å². The number of carbonyl (C=O) groups is 1. The van der Waals surface area contributed by atoms with Crippen molar-refractivity contribution in [3.63, 3.8) is 0 Å². The van der Waals surface area contributed by atoms with Crippen molar-refractivity contribution in [1.29, 1.82) is 0 Å². The first-order chi connectivity index (χ1) is 13.0. The molecule has 0 aliphatic carbocycles. The summed E-state index contributed by atoms with van der Waals surface area (Å²) >= 11 is 0. The number of hydrogen-bond acceptors (Lipinski definition) is 5. The fourth-order valence-electron chi connectivity index (χ4n) is 2.46. The minimum absolute atomic E-state index is 0.145. The molecular formula is C20H24N2O5. The van der Waals surface area contributed by atoms with Crippen molar-refractivity contribution in [3.05, 3.63) is 57.6 Å². The van der Waals surface area contributed by atoms with E-state index in [9.17, 15) is 14.9 Å². The van der Waals surface area contributed by atoms with Crippen molar-refractivity contribution in [3.8, 4) is 11.5 Å². The van der Waals surface area contributed by atoms with Crippen LogP contribution >= 0.6 is 0 Å². The van der Waals surface area contributed by atoms with Crippen LogP contribution in [-0.2, 0) is 0 Å². The fourth-order valence-corrected chi connectivity index (χ4v) is 2.46. The molecule has 1 amide bonds. The zero-order chi connectivity index (χ0) is 19.8. The zero-order valence-corrected chi connectivity index (χ0v) is 15.8. The molecule has 27 heavy (non-hydrogen) atoms. The standard InChI is InChI=1S/C20H24N2O5/c1-4-6-11-27-18-10-8-15(13-19(18)26-5-2)20(23)21-16-9-7-14(3)12-17(16)22(24)25/h7-10,12-13H,4-6,11H2,1-3H3,(H,21,23). The monoisotopic (exact) mass is 372 g/mol. The van der Waals surface area contributed by atoms with E-state index in [0.29, 0.717) is 30.3 Å². The number of ether oxygens (including phenoxy) is 2. The molecule has 2 aromatic carbocycles. The summed E-state index contributed by atoms with van der Waals surface area (Å²) in [5.74, 6) is 0.589. The fraction of sp³-hybridized carbons (Fsp3) is 0.350. The lowest BCUT2D eigenvalue weighted by Gasteiger charge is -2.13. The third-order valence-electron chi connectivity index (χ3n) is 3.86. The van der Waals surface area contributed by atoms with E-state index in [-0.39, 0.29) is 11.4 Å². The Morgan fingerprint density at radius 3 is 2.56 bits per heavy atom. The van der Waals surface area contributed by atoms with Gasteiger partial charge in [-0.25, -0.2) is 0 Å². The summed E-state index contributed by atoms with van der Waals surface area (Å²) in [6.07, 6.45) is 1.94. The van der Waals surface area contributed by atoms with E-state index in [1.807, 2.05) is 6.92 Å². The highest BCUT2D eigenvalue weighted by molar-refractivity contribution is 6.05. The molecule has 7 heteroatoms. The Bertz CT molecular complexity index is 820. The Hall–Kier alpha value is -3.09. The average Bonchev–Trinajstić information content (AvgIpc) is 2.64. The molecule has 1 N–H and O–H groups in total. The summed E-state index contributed by atoms with van der Waals surface area (Å²) < 4.78 is 11.3. The van der Waals surface area contributed by atoms with Crippen LogP contribution in [0, 0.1) is 17.0 Å². The Morgan fingerprint density at radius 2 is 1.89 bits per heavy atom. The molecule has 0 aliphatic rings. The van der Waals surface area contributed by atoms with Gasteiger partial charge in [-0.15, -0.1) is 0 Å². The van der Waals surface area contributed by atoms with Crippen LogP contribution in [0.25, 0.3) is 0 Å². The van der Waals surface area contributed by atoms with Gasteiger partial charge in [0.05, 0.1) is 18.1 Å². The summed E-state index contributed by atoms with van der Waals surface area (Å²) in [4.78, 5) is 23.3. The molecule has 0 aliphatic heterocycles. The molecule has 7 nitrogen and oxygen atoms in total. The smallest absolute Gasteiger partial charge is 0.293 e. The number of nitrogens with one attached hydrogen (secondary N) is 1. The van der Waals surface area contributed by atoms with Crippen LogP contribution in [0.2, 0.25) is 0 Å². The van der Waals surface area contributed by atoms with Gasteiger partial charge in [-0.2, -0.15) is 0 Å². The SMILES string of the molecule is CCCCOc1ccc(C(=O)Nc2ccc(C)cc2[N+](=O)[O-])cc1OCC. The maximum absolute atomic E-state index is 12.6. The molecule has 0 fully saturated rings. The Balaban J connectivity index is 2.23. The number of hydrogen-bond donors (Lipinski definition) is 1. The van der Waals surface area contributed by atoms with Gasteiger partial charge in [-0.3, -0.25) is 14.9 Å². The summed E-state index contributed by atoms with van der Waals surface area (Å²) in [5, 5.41) is 13.8. The number of benzene rings is 2. The largest absolute Gasteiger partial charge is 0.490 e. The predicted octanol–water partition coefficient (Wildman–Crippen LogP) is 4.73. The number of aryl methyl sites for hydroxylation is 1. The molecule has 2 rings (SSSR count). The second-order valence-electron chi connectivity index (χ2n) is 6.03. The van der Waals surface area contributed by atoms with E-state index >= 15 is 0 Å². The summed E-state index contributed by atoms with van der Waals surface area (Å²) in [7, 11) is 0. The van der Waals surface area contributed by atoms with Crippen molar-refractivity contribution in [2.45, 2.75) is 33.6 Å². The number of amides is 1. The number of anilines is 1. The topological polar surface area (TPSA) is 90.7 Å². The third-order valence-corrected chi connectivity index (χ3v) is 3.86. The lowest BCUT2D eigenvalue weighted by atomic mass is 10.1. The number of unbranched alkanes of at least 4 members (excludes halogenated alkanes) is 1. The van der Waals surface area contributed by atoms with Gasteiger partial charge in [-0.05, 0) is 50.1 Å². The maximum Gasteiger partial charge on any atom is 0.293 e. The van der Waals surface area contributed by atoms with Gasteiger partial charge in [0.25, 0.3) is 11.6 Å². The normalized spacial score (nSPS) is 10.3. The number of nitro benzene ring substituents is 1. The number of nitrogens with zero attached hydrogens (tertiary/aromatic N) is 1. The Labute approximate surface area is 158 Å². The number of nitro groups is 1. The summed E-state index contributed by atoms with van der Waals surface area (Å²) in [6, 6.07) is 9.53. The quantitative estimate of drug-likeness (QED) is 0.390. The maximum atomic E-state index is 12.6. The van der Waals surface area contributed by atoms with Crippen LogP contribution < -0.4 is 14.8 Å². The lowest BCUT2D eigenvalue weighted by Crippen LogP contribution is -2.13. The molecule has 0 saturated heterocycles. The highest BCUT2D eigenvalue weighted by Crippen LogP contribution is 2.30. The molecule has 144 valence electrons. The van der Waals surface area contributed by atoms with E-state index < -0.39 is 10.8 Å². The van der Waals surface area contributed by atoms with Crippen LogP contribution in [0.15, 0.2) is 36.4 Å². The van der Waals surface area contributed by atoms with Crippen LogP contribution in [0.3, 0.4) is 0 Å². The minimum atomic E-state index is -0.515. The van der Waals surface area contributed by atoms with Crippen LogP contribution in [-0.4, -0.2) is 24.0 Å². The van der Waals surface area contributed by atoms with Gasteiger partial charge in [0.15, 0.2) is 11.5 Å². The predicted molar refractivity (Wildman–Crippen MR) is 104 cm³/mol. The molecule has 0 unspecified atom stereocenters. The first-order valence-corrected chi connectivity index (χ1v) is 8.92. The minimum Gasteiger partial charge on any atom is -0.490 e. The molecule has 0 atom stereocenters. The first-order valence-electron chi connectivity index (χ1n) is 8.92. The summed E-state index contributed by atoms with van der Waals surface area (Å²) in [6.45, 7) is 6.67. The molecule has 2 aromatic rings. The average molecular weight is 372 g/mol. The molecule has 0 aromatic heterocycles. The van der Waals surface area contributed by atoms with Crippen molar-refractivity contribution < 1.29 is 19.2 Å². The van der Waals surface area contributed by atoms with Gasteiger partial charge in [-0.1, -0.05) is 19.4 Å². The highest BCUT2D eigenvalue weighted by Gasteiger charge is 2.18. The third kappa shape index (κ3) is 5.44. The highest BCUT2D eigenvalue weighted by atomic mass is 16.6. The van der Waals surface area contributed by atoms with Gasteiger partial charge in [0.2, 0.25) is 0 Å². The van der Waals surface area contributed by atoms with Gasteiger partial charge >= 0.3 is 0 Å². The molecule has 0 spiro atoms. The van der Waals surface area contributed by atoms with E-state index in [1.165, 1.54) is 12.1 Å². The number of carbonyl (C=O) groups excluding carboxylic acids is 1. The van der Waals surface area contributed by atoms with E-state index in [1.54, 1.807) is 31.2 Å². The van der Waals surface area contributed by atoms with Crippen molar-refractivity contribution in [2.24, 2.45) is 0 Å². The van der Waals surface area contributed by atoms with Crippen LogP contribution in [0.4, 0.5) is 11.4 Å². The second kappa shape index (κ2) is 9.56. The molecule has 0 heterocycles. The van der Waals surface area contributed by atoms with E-state index in [2.05, 4.69) is 12.2 Å². The first kappa shape index (κ1) is 20.2. The molecule has 0 saturated carbocycles. The van der Waals surface area contributed by atoms with E-state index in [0.717, 1.165) is 18.4 Å². The second-order valence-corrected chi connectivity index (χ2v) is 6.03. The zero-order valence-electron chi connectivity index (χ0n) is 15.8. The number of rotatable bonds is 9.